The number of anilines is 2. The molecule has 6 rings (SSSR count). The maximum Gasteiger partial charge on any atom is 0.206 e. The molecular weight excluding hydrogens is 601 g/mol. The van der Waals surface area contributed by atoms with Crippen molar-refractivity contribution in [2.45, 2.75) is 19.6 Å². The summed E-state index contributed by atoms with van der Waals surface area (Å²) in [5.41, 5.74) is 7.06. The fourth-order valence-electron chi connectivity index (χ4n) is 4.95. The van der Waals surface area contributed by atoms with Gasteiger partial charge >= 0.3 is 0 Å². The van der Waals surface area contributed by atoms with Crippen LogP contribution in [0.15, 0.2) is 117 Å². The van der Waals surface area contributed by atoms with Crippen molar-refractivity contribution in [3.8, 4) is 17.6 Å². The lowest BCUT2D eigenvalue weighted by Crippen LogP contribution is -2.36. The SMILES string of the molecule is N#CCN1CCOc2ccc(S(=O)(=O)c3ccccc3)cc21.NCCN1CCOc2ccc(S(=O)(=O)c3ccccc3)cc21. The van der Waals surface area contributed by atoms with E-state index in [4.69, 9.17) is 20.5 Å². The molecule has 0 atom stereocenters. The van der Waals surface area contributed by atoms with E-state index in [0.29, 0.717) is 56.6 Å². The molecule has 4 aromatic rings. The zero-order valence-electron chi connectivity index (χ0n) is 23.9. The first-order chi connectivity index (χ1) is 21.3. The number of rotatable bonds is 7. The molecule has 4 aromatic carbocycles. The van der Waals surface area contributed by atoms with Gasteiger partial charge in [-0.3, -0.25) is 0 Å². The molecule has 0 spiro atoms. The molecule has 0 fully saturated rings. The average Bonchev–Trinajstić information content (AvgIpc) is 3.06. The fraction of sp³-hybridized carbons (Fsp3) is 0.219. The lowest BCUT2D eigenvalue weighted by atomic mass is 10.2. The molecule has 2 aliphatic heterocycles. The van der Waals surface area contributed by atoms with Gasteiger partial charge in [0, 0.05) is 13.1 Å². The highest BCUT2D eigenvalue weighted by Crippen LogP contribution is 2.36. The number of ether oxygens (including phenoxy) is 2. The minimum absolute atomic E-state index is 0.200. The Morgan fingerprint density at radius 2 is 1.11 bits per heavy atom. The van der Waals surface area contributed by atoms with Crippen LogP contribution < -0.4 is 25.0 Å². The molecule has 0 radical (unpaired) electrons. The second kappa shape index (κ2) is 13.4. The topological polar surface area (TPSA) is 143 Å². The molecule has 0 unspecified atom stereocenters. The molecule has 10 nitrogen and oxygen atoms in total. The lowest BCUT2D eigenvalue weighted by Gasteiger charge is -2.31. The van der Waals surface area contributed by atoms with E-state index in [9.17, 15) is 16.8 Å². The van der Waals surface area contributed by atoms with Crippen LogP contribution >= 0.6 is 0 Å². The number of benzene rings is 4. The molecule has 0 saturated heterocycles. The Hall–Kier alpha value is -4.57. The van der Waals surface area contributed by atoms with Gasteiger partial charge in [-0.15, -0.1) is 0 Å². The number of nitrogens with two attached hydrogens (primary N) is 1. The Morgan fingerprint density at radius 1 is 0.659 bits per heavy atom. The quantitative estimate of drug-likeness (QED) is 0.298. The molecule has 0 aliphatic carbocycles. The van der Waals surface area contributed by atoms with Gasteiger partial charge in [0.15, 0.2) is 0 Å². The summed E-state index contributed by atoms with van der Waals surface area (Å²) in [7, 11) is -7.10. The van der Waals surface area contributed by atoms with Crippen molar-refractivity contribution < 1.29 is 26.3 Å². The second-order valence-corrected chi connectivity index (χ2v) is 13.8. The van der Waals surface area contributed by atoms with Crippen LogP contribution in [0.1, 0.15) is 0 Å². The lowest BCUT2D eigenvalue weighted by molar-refractivity contribution is 0.307. The van der Waals surface area contributed by atoms with Crippen LogP contribution in [0.3, 0.4) is 0 Å². The molecule has 0 amide bonds. The Bertz CT molecular complexity index is 1860. The number of hydrogen-bond donors (Lipinski definition) is 1. The van der Waals surface area contributed by atoms with E-state index in [0.717, 1.165) is 5.69 Å². The number of nitriles is 1. The summed E-state index contributed by atoms with van der Waals surface area (Å²) in [6, 6.07) is 28.6. The maximum atomic E-state index is 12.7. The summed E-state index contributed by atoms with van der Waals surface area (Å²) in [5, 5.41) is 8.90. The van der Waals surface area contributed by atoms with Gasteiger partial charge in [-0.1, -0.05) is 36.4 Å². The van der Waals surface area contributed by atoms with E-state index < -0.39 is 19.7 Å². The van der Waals surface area contributed by atoms with Gasteiger partial charge in [0.05, 0.1) is 50.1 Å². The zero-order valence-corrected chi connectivity index (χ0v) is 25.5. The van der Waals surface area contributed by atoms with Crippen molar-refractivity contribution in [1.82, 2.24) is 0 Å². The van der Waals surface area contributed by atoms with Crippen LogP contribution in [0.25, 0.3) is 0 Å². The monoisotopic (exact) mass is 632 g/mol. The van der Waals surface area contributed by atoms with Gasteiger partial charge in [-0.2, -0.15) is 5.26 Å². The van der Waals surface area contributed by atoms with E-state index in [2.05, 4.69) is 11.0 Å². The Labute approximate surface area is 257 Å². The molecule has 12 heteroatoms. The highest BCUT2D eigenvalue weighted by molar-refractivity contribution is 7.91. The van der Waals surface area contributed by atoms with Crippen LogP contribution in [0, 0.1) is 11.3 Å². The summed E-state index contributed by atoms with van der Waals surface area (Å²) in [6.07, 6.45) is 0. The van der Waals surface area contributed by atoms with Crippen molar-refractivity contribution in [2.24, 2.45) is 5.73 Å². The van der Waals surface area contributed by atoms with E-state index in [1.165, 1.54) is 6.07 Å². The molecule has 2 aliphatic rings. The van der Waals surface area contributed by atoms with Crippen molar-refractivity contribution in [3.63, 3.8) is 0 Å². The largest absolute Gasteiger partial charge is 0.490 e. The minimum Gasteiger partial charge on any atom is -0.490 e. The third kappa shape index (κ3) is 6.50. The Kier molecular flexibility index (Phi) is 9.39. The third-order valence-electron chi connectivity index (χ3n) is 7.17. The van der Waals surface area contributed by atoms with Gasteiger partial charge in [0.1, 0.15) is 31.3 Å². The van der Waals surface area contributed by atoms with Crippen molar-refractivity contribution in [1.29, 1.82) is 5.26 Å². The second-order valence-electron chi connectivity index (χ2n) is 9.94. The highest BCUT2D eigenvalue weighted by Gasteiger charge is 2.25. The molecule has 0 aromatic heterocycles. The predicted octanol–water partition coefficient (Wildman–Crippen LogP) is 3.92. The average molecular weight is 633 g/mol. The standard InChI is InChI=1S/C16H18N2O3S.C16H14N2O3S/c2*17-8-9-18-10-11-21-16-7-6-14(12-15(16)18)22(19,20)13-4-2-1-3-5-13/h1-7,12H,8-11,17H2;1-7,12H,9-11H2. The summed E-state index contributed by atoms with van der Waals surface area (Å²) in [5.74, 6) is 1.31. The zero-order chi connectivity index (χ0) is 31.2. The van der Waals surface area contributed by atoms with Gasteiger partial charge in [0.25, 0.3) is 0 Å². The van der Waals surface area contributed by atoms with Crippen LogP contribution in [0.5, 0.6) is 11.5 Å². The Balaban J connectivity index is 0.000000175. The normalized spacial score (nSPS) is 14.1. The Morgan fingerprint density at radius 3 is 1.57 bits per heavy atom. The predicted molar refractivity (Wildman–Crippen MR) is 167 cm³/mol. The van der Waals surface area contributed by atoms with E-state index in [-0.39, 0.29) is 26.1 Å². The first kappa shape index (κ1) is 30.9. The van der Waals surface area contributed by atoms with Crippen LogP contribution in [0.2, 0.25) is 0 Å². The minimum atomic E-state index is -3.58. The smallest absolute Gasteiger partial charge is 0.206 e. The molecule has 0 saturated carbocycles. The fourth-order valence-corrected chi connectivity index (χ4v) is 7.55. The van der Waals surface area contributed by atoms with Crippen LogP contribution in [-0.4, -0.2) is 62.8 Å². The van der Waals surface area contributed by atoms with Crippen LogP contribution in [-0.2, 0) is 19.7 Å². The number of nitrogens with zero attached hydrogens (tertiary/aromatic N) is 3. The molecule has 2 N–H and O–H groups in total. The van der Waals surface area contributed by atoms with E-state index in [1.54, 1.807) is 91.0 Å². The van der Waals surface area contributed by atoms with Gasteiger partial charge in [-0.25, -0.2) is 16.8 Å². The van der Waals surface area contributed by atoms with Crippen molar-refractivity contribution in [3.05, 3.63) is 97.1 Å². The molecule has 2 heterocycles. The van der Waals surface area contributed by atoms with Gasteiger partial charge in [-0.05, 0) is 60.7 Å². The summed E-state index contributed by atoms with van der Waals surface area (Å²) in [4.78, 5) is 4.89. The highest BCUT2D eigenvalue weighted by atomic mass is 32.2. The maximum absolute atomic E-state index is 12.7. The third-order valence-corrected chi connectivity index (χ3v) is 10.7. The summed E-state index contributed by atoms with van der Waals surface area (Å²) < 4.78 is 61.8. The molecular formula is C32H32N4O6S2. The van der Waals surface area contributed by atoms with Gasteiger partial charge < -0.3 is 25.0 Å². The molecule has 44 heavy (non-hydrogen) atoms. The number of hydrogen-bond acceptors (Lipinski definition) is 10. The molecule has 0 bridgehead atoms. The van der Waals surface area contributed by atoms with E-state index in [1.807, 2.05) is 4.90 Å². The van der Waals surface area contributed by atoms with Crippen molar-refractivity contribution >= 4 is 31.0 Å². The van der Waals surface area contributed by atoms with Crippen molar-refractivity contribution in [2.75, 3.05) is 55.7 Å². The first-order valence-electron chi connectivity index (χ1n) is 14.0. The number of fused-ring (bicyclic) bond motifs is 2. The summed E-state index contributed by atoms with van der Waals surface area (Å²) >= 11 is 0. The number of sulfone groups is 2. The van der Waals surface area contributed by atoms with Gasteiger partial charge in [0.2, 0.25) is 19.7 Å². The van der Waals surface area contributed by atoms with E-state index >= 15 is 0 Å². The summed E-state index contributed by atoms with van der Waals surface area (Å²) in [6.45, 7) is 3.72. The van der Waals surface area contributed by atoms with Crippen LogP contribution in [0.4, 0.5) is 11.4 Å². The molecule has 228 valence electrons. The first-order valence-corrected chi connectivity index (χ1v) is 16.9.